The lowest BCUT2D eigenvalue weighted by Gasteiger charge is -2.30. The number of ether oxygens (including phenoxy) is 2. The minimum absolute atomic E-state index is 0.0516. The van der Waals surface area contributed by atoms with Crippen molar-refractivity contribution in [3.63, 3.8) is 0 Å². The fraction of sp³-hybridized carbons (Fsp3) is 0.350. The van der Waals surface area contributed by atoms with Gasteiger partial charge in [-0.25, -0.2) is 12.8 Å². The van der Waals surface area contributed by atoms with Crippen LogP contribution in [0.3, 0.4) is 0 Å². The Labute approximate surface area is 184 Å². The number of esters is 1. The van der Waals surface area contributed by atoms with Crippen LogP contribution in [-0.4, -0.2) is 38.9 Å². The van der Waals surface area contributed by atoms with Crippen LogP contribution in [0.2, 0.25) is 10.0 Å². The Morgan fingerprint density at radius 1 is 1.17 bits per heavy atom. The number of rotatable bonds is 6. The van der Waals surface area contributed by atoms with Crippen LogP contribution in [-0.2, 0) is 26.2 Å². The average molecular weight is 476 g/mol. The molecule has 2 aromatic rings. The third-order valence-corrected chi connectivity index (χ3v) is 7.76. The molecule has 0 bridgehead atoms. The van der Waals surface area contributed by atoms with Gasteiger partial charge in [-0.2, -0.15) is 4.31 Å². The smallest absolute Gasteiger partial charge is 0.309 e. The van der Waals surface area contributed by atoms with Crippen LogP contribution >= 0.6 is 23.2 Å². The molecule has 3 rings (SSSR count). The molecule has 1 aliphatic rings. The van der Waals surface area contributed by atoms with Gasteiger partial charge in [0.25, 0.3) is 0 Å². The van der Waals surface area contributed by atoms with Crippen LogP contribution in [0.4, 0.5) is 4.39 Å². The molecule has 0 radical (unpaired) electrons. The molecule has 0 saturated carbocycles. The molecule has 0 unspecified atom stereocenters. The minimum atomic E-state index is -3.88. The molecular weight excluding hydrogens is 456 g/mol. The molecule has 0 aromatic heterocycles. The Morgan fingerprint density at radius 3 is 2.37 bits per heavy atom. The van der Waals surface area contributed by atoms with Gasteiger partial charge in [0.2, 0.25) is 10.0 Å². The van der Waals surface area contributed by atoms with Crippen LogP contribution in [0.15, 0.2) is 41.3 Å². The maximum atomic E-state index is 13.7. The van der Waals surface area contributed by atoms with Crippen LogP contribution < -0.4 is 4.74 Å². The molecule has 0 spiro atoms. The van der Waals surface area contributed by atoms with Gasteiger partial charge in [-0.1, -0.05) is 35.3 Å². The molecule has 0 atom stereocenters. The molecule has 1 heterocycles. The van der Waals surface area contributed by atoms with E-state index >= 15 is 0 Å². The monoisotopic (exact) mass is 475 g/mol. The molecule has 10 heteroatoms. The van der Waals surface area contributed by atoms with E-state index in [1.165, 1.54) is 35.7 Å². The van der Waals surface area contributed by atoms with Crippen molar-refractivity contribution in [2.45, 2.75) is 24.3 Å². The number of nitrogens with zero attached hydrogens (tertiary/aromatic N) is 1. The molecular formula is C20H20Cl2FNO5S. The Bertz CT molecular complexity index is 1020. The van der Waals surface area contributed by atoms with Gasteiger partial charge in [-0.3, -0.25) is 4.79 Å². The average Bonchev–Trinajstić information content (AvgIpc) is 2.72. The molecule has 0 amide bonds. The van der Waals surface area contributed by atoms with Gasteiger partial charge in [0.15, 0.2) is 11.6 Å². The number of hydrogen-bond donors (Lipinski definition) is 0. The molecule has 0 N–H and O–H groups in total. The lowest BCUT2D eigenvalue weighted by Crippen LogP contribution is -2.40. The minimum Gasteiger partial charge on any atom is -0.494 e. The van der Waals surface area contributed by atoms with Crippen molar-refractivity contribution in [2.24, 2.45) is 5.92 Å². The number of piperidine rings is 1. The first-order valence-electron chi connectivity index (χ1n) is 9.17. The van der Waals surface area contributed by atoms with Gasteiger partial charge >= 0.3 is 5.97 Å². The highest BCUT2D eigenvalue weighted by Gasteiger charge is 2.35. The van der Waals surface area contributed by atoms with E-state index < -0.39 is 27.7 Å². The highest BCUT2D eigenvalue weighted by molar-refractivity contribution is 7.89. The van der Waals surface area contributed by atoms with Crippen molar-refractivity contribution in [3.05, 3.63) is 57.8 Å². The summed E-state index contributed by atoms with van der Waals surface area (Å²) in [6, 6.07) is 8.81. The van der Waals surface area contributed by atoms with Crippen molar-refractivity contribution < 1.29 is 27.1 Å². The zero-order chi connectivity index (χ0) is 21.9. The summed E-state index contributed by atoms with van der Waals surface area (Å²) < 4.78 is 50.9. The summed E-state index contributed by atoms with van der Waals surface area (Å²) in [7, 11) is -2.51. The quantitative estimate of drug-likeness (QED) is 0.582. The van der Waals surface area contributed by atoms with Crippen LogP contribution in [0.25, 0.3) is 0 Å². The largest absolute Gasteiger partial charge is 0.494 e. The second-order valence-electron chi connectivity index (χ2n) is 6.81. The van der Waals surface area contributed by atoms with Crippen molar-refractivity contribution in [1.29, 1.82) is 0 Å². The molecule has 162 valence electrons. The van der Waals surface area contributed by atoms with E-state index in [0.29, 0.717) is 18.4 Å². The third kappa shape index (κ3) is 4.88. The molecule has 1 aliphatic heterocycles. The van der Waals surface area contributed by atoms with E-state index in [9.17, 15) is 17.6 Å². The van der Waals surface area contributed by atoms with Crippen molar-refractivity contribution in [2.75, 3.05) is 20.2 Å². The Hall–Kier alpha value is -1.87. The summed E-state index contributed by atoms with van der Waals surface area (Å²) in [4.78, 5) is 12.2. The molecule has 0 aliphatic carbocycles. The zero-order valence-electron chi connectivity index (χ0n) is 16.1. The Kier molecular flexibility index (Phi) is 7.23. The first-order chi connectivity index (χ1) is 14.2. The van der Waals surface area contributed by atoms with Gasteiger partial charge in [0.05, 0.1) is 23.1 Å². The maximum absolute atomic E-state index is 13.7. The number of carbonyl (C=O) groups is 1. The first-order valence-corrected chi connectivity index (χ1v) is 11.4. The Balaban J connectivity index is 1.58. The summed E-state index contributed by atoms with van der Waals surface area (Å²) in [6.45, 7) is 0.203. The van der Waals surface area contributed by atoms with Gasteiger partial charge in [0, 0.05) is 13.1 Å². The van der Waals surface area contributed by atoms with Crippen LogP contribution in [0.5, 0.6) is 5.75 Å². The highest BCUT2D eigenvalue weighted by Crippen LogP contribution is 2.33. The lowest BCUT2D eigenvalue weighted by molar-refractivity contribution is -0.151. The normalized spacial score (nSPS) is 15.7. The zero-order valence-corrected chi connectivity index (χ0v) is 18.4. The fourth-order valence-electron chi connectivity index (χ4n) is 3.26. The summed E-state index contributed by atoms with van der Waals surface area (Å²) in [5.74, 6) is -1.32. The number of halogens is 3. The number of benzene rings is 2. The van der Waals surface area contributed by atoms with Gasteiger partial charge in [-0.15, -0.1) is 0 Å². The number of hydrogen-bond acceptors (Lipinski definition) is 5. The van der Waals surface area contributed by atoms with E-state index in [0.717, 1.165) is 0 Å². The van der Waals surface area contributed by atoms with Gasteiger partial charge < -0.3 is 9.47 Å². The van der Waals surface area contributed by atoms with Gasteiger partial charge in [0.1, 0.15) is 11.5 Å². The second-order valence-corrected chi connectivity index (χ2v) is 9.49. The van der Waals surface area contributed by atoms with E-state index in [4.69, 9.17) is 32.7 Å². The second kappa shape index (κ2) is 9.51. The first kappa shape index (κ1) is 22.8. The fourth-order valence-corrected chi connectivity index (χ4v) is 5.82. The summed E-state index contributed by atoms with van der Waals surface area (Å²) in [6.07, 6.45) is 0.605. The highest BCUT2D eigenvalue weighted by atomic mass is 35.5. The topological polar surface area (TPSA) is 72.9 Å². The van der Waals surface area contributed by atoms with Crippen LogP contribution in [0.1, 0.15) is 18.4 Å². The Morgan fingerprint density at radius 2 is 1.80 bits per heavy atom. The van der Waals surface area contributed by atoms with E-state index in [1.807, 2.05) is 0 Å². The lowest BCUT2D eigenvalue weighted by atomic mass is 9.98. The van der Waals surface area contributed by atoms with Gasteiger partial charge in [-0.05, 0) is 42.7 Å². The van der Waals surface area contributed by atoms with Crippen molar-refractivity contribution in [3.8, 4) is 5.75 Å². The summed E-state index contributed by atoms with van der Waals surface area (Å²) in [5, 5.41) is 0.103. The predicted octanol–water partition coefficient (Wildman–Crippen LogP) is 4.29. The summed E-state index contributed by atoms with van der Waals surface area (Å²) in [5.41, 5.74) is 0.495. The molecule has 2 aromatic carbocycles. The standard InChI is InChI=1S/C20H20Cl2FNO5S/c1-28-18-6-5-13(11-17(18)23)12-29-20(25)14-7-9-24(10-8-14)30(26,27)19-15(21)3-2-4-16(19)22/h2-6,11,14H,7-10,12H2,1H3. The molecule has 6 nitrogen and oxygen atoms in total. The molecule has 1 saturated heterocycles. The third-order valence-electron chi connectivity index (χ3n) is 4.90. The number of sulfonamides is 1. The predicted molar refractivity (Wildman–Crippen MR) is 111 cm³/mol. The van der Waals surface area contributed by atoms with E-state index in [-0.39, 0.29) is 40.4 Å². The van der Waals surface area contributed by atoms with Crippen molar-refractivity contribution in [1.82, 2.24) is 4.31 Å². The SMILES string of the molecule is COc1ccc(COC(=O)C2CCN(S(=O)(=O)c3c(Cl)cccc3Cl)CC2)cc1F. The van der Waals surface area contributed by atoms with Crippen LogP contribution in [0, 0.1) is 11.7 Å². The van der Waals surface area contributed by atoms with E-state index in [2.05, 4.69) is 0 Å². The molecule has 1 fully saturated rings. The number of methoxy groups -OCH3 is 1. The number of carbonyl (C=O) groups excluding carboxylic acids is 1. The molecule has 30 heavy (non-hydrogen) atoms. The van der Waals surface area contributed by atoms with E-state index in [1.54, 1.807) is 12.1 Å². The maximum Gasteiger partial charge on any atom is 0.309 e. The summed E-state index contributed by atoms with van der Waals surface area (Å²) >= 11 is 12.1. The van der Waals surface area contributed by atoms with Crippen molar-refractivity contribution >= 4 is 39.2 Å².